The van der Waals surface area contributed by atoms with Gasteiger partial charge in [0.15, 0.2) is 0 Å². The van der Waals surface area contributed by atoms with Crippen molar-refractivity contribution in [2.24, 2.45) is 0 Å². The van der Waals surface area contributed by atoms with E-state index in [1.54, 1.807) is 18.3 Å². The van der Waals surface area contributed by atoms with Crippen molar-refractivity contribution in [2.75, 3.05) is 7.05 Å². The fourth-order valence-corrected chi connectivity index (χ4v) is 3.03. The van der Waals surface area contributed by atoms with E-state index in [1.807, 2.05) is 18.5 Å². The number of furan rings is 1. The molecule has 2 aromatic heterocycles. The molecule has 0 atom stereocenters. The van der Waals surface area contributed by atoms with E-state index < -0.39 is 10.0 Å². The van der Waals surface area contributed by atoms with Gasteiger partial charge in [-0.3, -0.25) is 0 Å². The van der Waals surface area contributed by atoms with Crippen molar-refractivity contribution in [2.45, 2.75) is 31.5 Å². The van der Waals surface area contributed by atoms with Crippen LogP contribution in [0.15, 0.2) is 40.2 Å². The van der Waals surface area contributed by atoms with Crippen molar-refractivity contribution in [3.8, 4) is 0 Å². The van der Waals surface area contributed by atoms with Crippen LogP contribution in [0, 0.1) is 0 Å². The Balaban J connectivity index is 2.16. The number of nitrogens with one attached hydrogen (secondary N) is 2. The summed E-state index contributed by atoms with van der Waals surface area (Å²) >= 11 is 0. The van der Waals surface area contributed by atoms with Crippen LogP contribution in [0.2, 0.25) is 0 Å². The first-order valence-corrected chi connectivity index (χ1v) is 7.89. The van der Waals surface area contributed by atoms with Crippen molar-refractivity contribution in [1.82, 2.24) is 14.6 Å². The van der Waals surface area contributed by atoms with Crippen LogP contribution in [0.4, 0.5) is 0 Å². The van der Waals surface area contributed by atoms with Gasteiger partial charge in [-0.05, 0) is 26.1 Å². The molecule has 0 bridgehead atoms. The number of rotatable bonds is 7. The van der Waals surface area contributed by atoms with E-state index >= 15 is 0 Å². The molecule has 6 nitrogen and oxygen atoms in total. The molecule has 2 heterocycles. The molecule has 0 saturated carbocycles. The highest BCUT2D eigenvalue weighted by molar-refractivity contribution is 7.89. The largest absolute Gasteiger partial charge is 0.472 e. The minimum absolute atomic E-state index is 0.220. The predicted molar refractivity (Wildman–Crippen MR) is 75.6 cm³/mol. The summed E-state index contributed by atoms with van der Waals surface area (Å²) in [6.07, 6.45) is 4.69. The summed E-state index contributed by atoms with van der Waals surface area (Å²) < 4.78 is 33.9. The van der Waals surface area contributed by atoms with E-state index in [-0.39, 0.29) is 11.4 Å². The van der Waals surface area contributed by atoms with Gasteiger partial charge in [0.25, 0.3) is 0 Å². The lowest BCUT2D eigenvalue weighted by Gasteiger charge is -2.04. The molecule has 7 heteroatoms. The number of hydrogen-bond acceptors (Lipinski definition) is 4. The van der Waals surface area contributed by atoms with Gasteiger partial charge in [-0.25, -0.2) is 13.1 Å². The zero-order valence-electron chi connectivity index (χ0n) is 11.6. The molecule has 2 rings (SSSR count). The Labute approximate surface area is 118 Å². The number of aromatic nitrogens is 1. The average Bonchev–Trinajstić information content (AvgIpc) is 3.06. The molecule has 20 heavy (non-hydrogen) atoms. The van der Waals surface area contributed by atoms with Gasteiger partial charge in [-0.2, -0.15) is 0 Å². The number of sulfonamides is 1. The molecule has 2 aromatic rings. The van der Waals surface area contributed by atoms with Crippen LogP contribution >= 0.6 is 0 Å². The summed E-state index contributed by atoms with van der Waals surface area (Å²) in [7, 11) is -1.68. The van der Waals surface area contributed by atoms with E-state index in [1.165, 1.54) is 12.5 Å². The van der Waals surface area contributed by atoms with E-state index in [2.05, 4.69) is 10.0 Å². The molecule has 0 aromatic carbocycles. The lowest BCUT2D eigenvalue weighted by Crippen LogP contribution is -2.22. The second-order valence-corrected chi connectivity index (χ2v) is 6.21. The quantitative estimate of drug-likeness (QED) is 0.807. The molecule has 0 aliphatic rings. The Morgan fingerprint density at radius 1 is 1.35 bits per heavy atom. The van der Waals surface area contributed by atoms with Crippen LogP contribution in [-0.4, -0.2) is 20.0 Å². The third-order valence-electron chi connectivity index (χ3n) is 3.02. The Morgan fingerprint density at radius 3 is 2.75 bits per heavy atom. The number of hydrogen-bond donors (Lipinski definition) is 2. The van der Waals surface area contributed by atoms with Crippen LogP contribution < -0.4 is 10.0 Å². The summed E-state index contributed by atoms with van der Waals surface area (Å²) in [6.45, 7) is 3.56. The molecule has 0 unspecified atom stereocenters. The Hall–Kier alpha value is -1.57. The molecule has 2 N–H and O–H groups in total. The van der Waals surface area contributed by atoms with Crippen molar-refractivity contribution < 1.29 is 12.8 Å². The first kappa shape index (κ1) is 14.8. The van der Waals surface area contributed by atoms with Gasteiger partial charge in [0.2, 0.25) is 10.0 Å². The van der Waals surface area contributed by atoms with Gasteiger partial charge in [0, 0.05) is 37.1 Å². The highest BCUT2D eigenvalue weighted by atomic mass is 32.2. The number of nitrogens with zero attached hydrogens (tertiary/aromatic N) is 1. The summed E-state index contributed by atoms with van der Waals surface area (Å²) in [5, 5.41) is 3.03. The van der Waals surface area contributed by atoms with Crippen LogP contribution in [0.5, 0.6) is 0 Å². The number of aryl methyl sites for hydroxylation is 1. The van der Waals surface area contributed by atoms with Gasteiger partial charge < -0.3 is 14.3 Å². The van der Waals surface area contributed by atoms with Crippen LogP contribution in [-0.2, 0) is 29.7 Å². The fraction of sp³-hybridized carbons (Fsp3) is 0.385. The Kier molecular flexibility index (Phi) is 4.64. The van der Waals surface area contributed by atoms with Crippen molar-refractivity contribution in [1.29, 1.82) is 0 Å². The predicted octanol–water partition coefficient (Wildman–Crippen LogP) is 1.30. The highest BCUT2D eigenvalue weighted by Gasteiger charge is 2.17. The lowest BCUT2D eigenvalue weighted by molar-refractivity contribution is 0.561. The maximum absolute atomic E-state index is 12.2. The second kappa shape index (κ2) is 6.25. The highest BCUT2D eigenvalue weighted by Crippen LogP contribution is 2.15. The molecular formula is C13H19N3O3S. The van der Waals surface area contributed by atoms with Crippen molar-refractivity contribution >= 4 is 10.0 Å². The van der Waals surface area contributed by atoms with Gasteiger partial charge in [0.05, 0.1) is 17.4 Å². The standard InChI is InChI=1S/C13H19N3O3S/c1-3-16-9-13(6-12(16)8-14-2)20(17,18)15-7-11-4-5-19-10-11/h4-6,9-10,14-15H,3,7-8H2,1-2H3. The molecule has 0 aliphatic heterocycles. The molecule has 0 saturated heterocycles. The summed E-state index contributed by atoms with van der Waals surface area (Å²) in [5.41, 5.74) is 1.73. The van der Waals surface area contributed by atoms with E-state index in [0.717, 1.165) is 17.8 Å². The maximum Gasteiger partial charge on any atom is 0.242 e. The molecule has 0 amide bonds. The van der Waals surface area contributed by atoms with Crippen molar-refractivity contribution in [3.63, 3.8) is 0 Å². The zero-order valence-corrected chi connectivity index (χ0v) is 12.4. The lowest BCUT2D eigenvalue weighted by atomic mass is 10.4. The van der Waals surface area contributed by atoms with Crippen LogP contribution in [0.1, 0.15) is 18.2 Å². The molecule has 0 radical (unpaired) electrons. The zero-order chi connectivity index (χ0) is 14.6. The first-order valence-electron chi connectivity index (χ1n) is 6.41. The topological polar surface area (TPSA) is 76.3 Å². The summed E-state index contributed by atoms with van der Waals surface area (Å²) in [5.74, 6) is 0. The SMILES string of the molecule is CCn1cc(S(=O)(=O)NCc2ccoc2)cc1CNC. The van der Waals surface area contributed by atoms with Gasteiger partial charge in [-0.1, -0.05) is 0 Å². The monoisotopic (exact) mass is 297 g/mol. The van der Waals surface area contributed by atoms with E-state index in [4.69, 9.17) is 4.42 Å². The Bertz CT molecular complexity index is 644. The minimum atomic E-state index is -3.51. The molecule has 0 spiro atoms. The van der Waals surface area contributed by atoms with E-state index in [0.29, 0.717) is 6.54 Å². The fourth-order valence-electron chi connectivity index (χ4n) is 1.95. The smallest absolute Gasteiger partial charge is 0.242 e. The summed E-state index contributed by atoms with van der Waals surface area (Å²) in [4.78, 5) is 0.285. The van der Waals surface area contributed by atoms with Gasteiger partial charge in [0.1, 0.15) is 0 Å². The van der Waals surface area contributed by atoms with Crippen LogP contribution in [0.3, 0.4) is 0 Å². The third kappa shape index (κ3) is 3.30. The van der Waals surface area contributed by atoms with Crippen LogP contribution in [0.25, 0.3) is 0 Å². The Morgan fingerprint density at radius 2 is 2.15 bits per heavy atom. The van der Waals surface area contributed by atoms with Crippen molar-refractivity contribution in [3.05, 3.63) is 42.1 Å². The average molecular weight is 297 g/mol. The van der Waals surface area contributed by atoms with Gasteiger partial charge >= 0.3 is 0 Å². The summed E-state index contributed by atoms with van der Waals surface area (Å²) in [6, 6.07) is 3.42. The first-order chi connectivity index (χ1) is 9.56. The molecular weight excluding hydrogens is 278 g/mol. The van der Waals surface area contributed by atoms with Gasteiger partial charge in [-0.15, -0.1) is 0 Å². The third-order valence-corrected chi connectivity index (χ3v) is 4.38. The normalized spacial score (nSPS) is 11.9. The molecule has 110 valence electrons. The molecule has 0 fully saturated rings. The molecule has 0 aliphatic carbocycles. The minimum Gasteiger partial charge on any atom is -0.472 e. The van der Waals surface area contributed by atoms with E-state index in [9.17, 15) is 8.42 Å². The maximum atomic E-state index is 12.2. The second-order valence-electron chi connectivity index (χ2n) is 4.44.